The molecule has 0 aliphatic rings. The molecule has 0 saturated heterocycles. The van der Waals surface area contributed by atoms with Crippen LogP contribution in [0.2, 0.25) is 0 Å². The van der Waals surface area contributed by atoms with E-state index in [4.69, 9.17) is 4.98 Å². The van der Waals surface area contributed by atoms with Gasteiger partial charge in [-0.3, -0.25) is 9.69 Å². The standard InChI is InChI=1S/C26H36N4O3S2/c1-6-8-17-29(7-2)35(32,33)22-13-11-21(12-14-22)25(31)30(18-9-16-28(4)5)26-27-23-15-10-20(3)19-24(23)34-26/h10-15,19H,6-9,16-18H2,1-5H3. The molecule has 7 nitrogen and oxygen atoms in total. The van der Waals surface area contributed by atoms with E-state index in [1.165, 1.54) is 27.8 Å². The van der Waals surface area contributed by atoms with E-state index in [-0.39, 0.29) is 10.8 Å². The van der Waals surface area contributed by atoms with Gasteiger partial charge in [0, 0.05) is 25.2 Å². The number of carbonyl (C=O) groups excluding carboxylic acids is 1. The Morgan fingerprint density at radius 2 is 1.69 bits per heavy atom. The van der Waals surface area contributed by atoms with Crippen LogP contribution in [0.1, 0.15) is 49.0 Å². The minimum atomic E-state index is -3.59. The second kappa shape index (κ2) is 12.1. The third-order valence-electron chi connectivity index (χ3n) is 5.85. The zero-order chi connectivity index (χ0) is 25.6. The molecular formula is C26H36N4O3S2. The van der Waals surface area contributed by atoms with Crippen LogP contribution in [0.25, 0.3) is 10.2 Å². The Labute approximate surface area is 213 Å². The summed E-state index contributed by atoms with van der Waals surface area (Å²) < 4.78 is 28.6. The molecule has 0 aliphatic carbocycles. The molecule has 0 N–H and O–H groups in total. The van der Waals surface area contributed by atoms with Crippen LogP contribution in [-0.4, -0.2) is 68.8 Å². The van der Waals surface area contributed by atoms with Crippen LogP contribution < -0.4 is 4.90 Å². The number of rotatable bonds is 12. The minimum Gasteiger partial charge on any atom is -0.309 e. The number of fused-ring (bicyclic) bond motifs is 1. The van der Waals surface area contributed by atoms with Crippen molar-refractivity contribution >= 4 is 42.6 Å². The number of aromatic nitrogens is 1. The molecule has 0 radical (unpaired) electrons. The normalized spacial score (nSPS) is 12.1. The fourth-order valence-corrected chi connectivity index (χ4v) is 6.40. The zero-order valence-corrected chi connectivity index (χ0v) is 23.0. The highest BCUT2D eigenvalue weighted by molar-refractivity contribution is 7.89. The van der Waals surface area contributed by atoms with Crippen LogP contribution in [-0.2, 0) is 10.0 Å². The van der Waals surface area contributed by atoms with Crippen molar-refractivity contribution in [2.45, 2.75) is 44.9 Å². The molecule has 0 unspecified atom stereocenters. The van der Waals surface area contributed by atoms with Crippen LogP contribution in [0.15, 0.2) is 47.4 Å². The third kappa shape index (κ3) is 6.67. The highest BCUT2D eigenvalue weighted by atomic mass is 32.2. The lowest BCUT2D eigenvalue weighted by molar-refractivity contribution is 0.0986. The first-order chi connectivity index (χ1) is 16.7. The average Bonchev–Trinajstić information content (AvgIpc) is 3.24. The van der Waals surface area contributed by atoms with E-state index in [2.05, 4.69) is 11.0 Å². The number of aryl methyl sites for hydroxylation is 1. The highest BCUT2D eigenvalue weighted by Crippen LogP contribution is 2.31. The van der Waals surface area contributed by atoms with Gasteiger partial charge in [0.1, 0.15) is 0 Å². The number of anilines is 1. The molecule has 35 heavy (non-hydrogen) atoms. The number of sulfonamides is 1. The maximum Gasteiger partial charge on any atom is 0.260 e. The number of hydrogen-bond acceptors (Lipinski definition) is 6. The first-order valence-corrected chi connectivity index (χ1v) is 14.4. The maximum atomic E-state index is 13.6. The van der Waals surface area contributed by atoms with Crippen LogP contribution in [0, 0.1) is 6.92 Å². The summed E-state index contributed by atoms with van der Waals surface area (Å²) in [5.74, 6) is -0.179. The molecule has 0 atom stereocenters. The SMILES string of the molecule is CCCCN(CC)S(=O)(=O)c1ccc(C(=O)N(CCCN(C)C)c2nc3ccc(C)cc3s2)cc1. The zero-order valence-electron chi connectivity index (χ0n) is 21.3. The second-order valence-electron chi connectivity index (χ2n) is 8.96. The second-order valence-corrected chi connectivity index (χ2v) is 11.9. The molecule has 0 fully saturated rings. The van der Waals surface area contributed by atoms with Gasteiger partial charge in [-0.15, -0.1) is 0 Å². The van der Waals surface area contributed by atoms with E-state index < -0.39 is 10.0 Å². The largest absolute Gasteiger partial charge is 0.309 e. The number of hydrogen-bond donors (Lipinski definition) is 0. The summed E-state index contributed by atoms with van der Waals surface area (Å²) in [6.45, 7) is 8.20. The fraction of sp³-hybridized carbons (Fsp3) is 0.462. The van der Waals surface area contributed by atoms with Crippen molar-refractivity contribution in [1.29, 1.82) is 0 Å². The predicted molar refractivity (Wildman–Crippen MR) is 145 cm³/mol. The Morgan fingerprint density at radius 1 is 0.971 bits per heavy atom. The van der Waals surface area contributed by atoms with Crippen molar-refractivity contribution in [3.63, 3.8) is 0 Å². The lowest BCUT2D eigenvalue weighted by Crippen LogP contribution is -2.34. The van der Waals surface area contributed by atoms with Gasteiger partial charge in [0.05, 0.1) is 15.1 Å². The summed E-state index contributed by atoms with van der Waals surface area (Å²) in [6.07, 6.45) is 2.53. The summed E-state index contributed by atoms with van der Waals surface area (Å²) in [4.78, 5) is 22.3. The minimum absolute atomic E-state index is 0.179. The molecule has 1 amide bonds. The van der Waals surface area contributed by atoms with Crippen molar-refractivity contribution in [2.24, 2.45) is 0 Å². The van der Waals surface area contributed by atoms with Crippen molar-refractivity contribution < 1.29 is 13.2 Å². The smallest absolute Gasteiger partial charge is 0.260 e. The van der Waals surface area contributed by atoms with Crippen molar-refractivity contribution in [3.05, 3.63) is 53.6 Å². The number of benzene rings is 2. The van der Waals surface area contributed by atoms with Gasteiger partial charge in [0.15, 0.2) is 5.13 Å². The molecule has 1 aromatic heterocycles. The van der Waals surface area contributed by atoms with Crippen LogP contribution in [0.3, 0.4) is 0 Å². The first kappa shape index (κ1) is 27.3. The lowest BCUT2D eigenvalue weighted by atomic mass is 10.2. The van der Waals surface area contributed by atoms with E-state index in [1.807, 2.05) is 47.0 Å². The van der Waals surface area contributed by atoms with Crippen molar-refractivity contribution in [1.82, 2.24) is 14.2 Å². The monoisotopic (exact) mass is 516 g/mol. The van der Waals surface area contributed by atoms with Gasteiger partial charge < -0.3 is 4.90 Å². The van der Waals surface area contributed by atoms with E-state index >= 15 is 0 Å². The molecule has 9 heteroatoms. The fourth-order valence-electron chi connectivity index (χ4n) is 3.82. The molecule has 3 aromatic rings. The Kier molecular flexibility index (Phi) is 9.40. The molecule has 0 saturated carbocycles. The Balaban J connectivity index is 1.89. The maximum absolute atomic E-state index is 13.6. The summed E-state index contributed by atoms with van der Waals surface area (Å²) in [5.41, 5.74) is 2.46. The Bertz CT molecular complexity index is 1240. The number of thiazole rings is 1. The molecule has 2 aromatic carbocycles. The van der Waals surface area contributed by atoms with Crippen molar-refractivity contribution in [2.75, 3.05) is 45.2 Å². The summed E-state index contributed by atoms with van der Waals surface area (Å²) >= 11 is 1.50. The van der Waals surface area contributed by atoms with Gasteiger partial charge in [-0.1, -0.05) is 37.7 Å². The van der Waals surface area contributed by atoms with Gasteiger partial charge in [-0.05, 0) is 82.4 Å². The average molecular weight is 517 g/mol. The van der Waals surface area contributed by atoms with E-state index in [0.717, 1.165) is 41.6 Å². The summed E-state index contributed by atoms with van der Waals surface area (Å²) in [7, 11) is 0.421. The van der Waals surface area contributed by atoms with Gasteiger partial charge >= 0.3 is 0 Å². The van der Waals surface area contributed by atoms with Gasteiger partial charge in [0.2, 0.25) is 10.0 Å². The van der Waals surface area contributed by atoms with Crippen molar-refractivity contribution in [3.8, 4) is 0 Å². The first-order valence-electron chi connectivity index (χ1n) is 12.1. The van der Waals surface area contributed by atoms with Crippen LogP contribution >= 0.6 is 11.3 Å². The van der Waals surface area contributed by atoms with Crippen LogP contribution in [0.4, 0.5) is 5.13 Å². The van der Waals surface area contributed by atoms with Gasteiger partial charge in [-0.25, -0.2) is 13.4 Å². The third-order valence-corrected chi connectivity index (χ3v) is 8.88. The van der Waals surface area contributed by atoms with E-state index in [1.54, 1.807) is 17.0 Å². The molecule has 0 bridgehead atoms. The number of amides is 1. The molecule has 0 spiro atoms. The van der Waals surface area contributed by atoms with E-state index in [9.17, 15) is 13.2 Å². The topological polar surface area (TPSA) is 73.8 Å². The molecule has 0 aliphatic heterocycles. The quantitative estimate of drug-likeness (QED) is 0.338. The number of carbonyl (C=O) groups is 1. The Morgan fingerprint density at radius 3 is 2.31 bits per heavy atom. The number of unbranched alkanes of at least 4 members (excludes halogenated alkanes) is 1. The summed E-state index contributed by atoms with van der Waals surface area (Å²) in [5, 5.41) is 0.655. The predicted octanol–water partition coefficient (Wildman–Crippen LogP) is 5.01. The van der Waals surface area contributed by atoms with E-state index in [0.29, 0.717) is 30.3 Å². The van der Waals surface area contributed by atoms with Crippen LogP contribution in [0.5, 0.6) is 0 Å². The number of nitrogens with zero attached hydrogens (tertiary/aromatic N) is 4. The Hall–Kier alpha value is -2.33. The lowest BCUT2D eigenvalue weighted by Gasteiger charge is -2.22. The molecular weight excluding hydrogens is 480 g/mol. The highest BCUT2D eigenvalue weighted by Gasteiger charge is 2.25. The molecule has 3 rings (SSSR count). The summed E-state index contributed by atoms with van der Waals surface area (Å²) in [6, 6.07) is 12.4. The molecule has 1 heterocycles. The van der Waals surface area contributed by atoms with Gasteiger partial charge in [-0.2, -0.15) is 4.31 Å². The van der Waals surface area contributed by atoms with Gasteiger partial charge in [0.25, 0.3) is 5.91 Å². The molecule has 190 valence electrons.